The molecule has 1 fully saturated rings. The van der Waals surface area contributed by atoms with Gasteiger partial charge in [0.2, 0.25) is 10.0 Å². The Labute approximate surface area is 72.6 Å². The Morgan fingerprint density at radius 1 is 1.67 bits per heavy atom. The van der Waals surface area contributed by atoms with Crippen molar-refractivity contribution in [1.29, 1.82) is 0 Å². The molecule has 0 unspecified atom stereocenters. The van der Waals surface area contributed by atoms with Crippen molar-refractivity contribution >= 4 is 10.0 Å². The average molecular weight is 189 g/mol. The van der Waals surface area contributed by atoms with Crippen molar-refractivity contribution in [3.05, 3.63) is 0 Å². The summed E-state index contributed by atoms with van der Waals surface area (Å²) in [6.07, 6.45) is 5.00. The normalized spacial score (nSPS) is 18.8. The molecule has 1 aliphatic rings. The minimum absolute atomic E-state index is 0.124. The predicted octanol–water partition coefficient (Wildman–Crippen LogP) is -0.720. The second-order valence-corrected chi connectivity index (χ2v) is 4.98. The topological polar surface area (TPSA) is 46.6 Å². The van der Waals surface area contributed by atoms with Gasteiger partial charge in [-0.15, -0.1) is 6.42 Å². The van der Waals surface area contributed by atoms with Crippen molar-refractivity contribution in [1.82, 2.24) is 4.31 Å². The number of sulfonamides is 1. The molecule has 0 amide bonds. The van der Waals surface area contributed by atoms with Crippen LogP contribution in [0.25, 0.3) is 0 Å². The molecule has 1 aliphatic heterocycles. The van der Waals surface area contributed by atoms with Gasteiger partial charge in [-0.3, -0.25) is 0 Å². The van der Waals surface area contributed by atoms with E-state index in [0.29, 0.717) is 0 Å². The van der Waals surface area contributed by atoms with Crippen molar-refractivity contribution in [2.75, 3.05) is 26.8 Å². The Hall–Kier alpha value is -0.570. The van der Waals surface area contributed by atoms with Crippen LogP contribution in [0, 0.1) is 12.3 Å². The van der Waals surface area contributed by atoms with E-state index in [1.54, 1.807) is 0 Å². The molecule has 5 heteroatoms. The minimum atomic E-state index is -3.20. The highest BCUT2D eigenvalue weighted by Crippen LogP contribution is 2.14. The zero-order chi connectivity index (χ0) is 9.19. The molecule has 4 nitrogen and oxygen atoms in total. The van der Waals surface area contributed by atoms with E-state index in [9.17, 15) is 8.42 Å². The molecule has 0 atom stereocenters. The zero-order valence-electron chi connectivity index (χ0n) is 6.86. The monoisotopic (exact) mass is 189 g/mol. The smallest absolute Gasteiger partial charge is 0.222 e. The number of rotatable bonds is 3. The number of nitrogens with zero attached hydrogens (tertiary/aromatic N) is 1. The van der Waals surface area contributed by atoms with Crippen molar-refractivity contribution < 1.29 is 13.2 Å². The first-order valence-corrected chi connectivity index (χ1v) is 5.05. The largest absolute Gasteiger partial charge is 0.378 e. The maximum atomic E-state index is 11.5. The molecule has 0 aliphatic carbocycles. The Balaban J connectivity index is 2.65. The van der Waals surface area contributed by atoms with Gasteiger partial charge in [-0.1, -0.05) is 5.92 Å². The number of terminal acetylenes is 1. The van der Waals surface area contributed by atoms with Gasteiger partial charge >= 0.3 is 0 Å². The second kappa shape index (κ2) is 3.44. The van der Waals surface area contributed by atoms with E-state index in [1.165, 1.54) is 11.4 Å². The van der Waals surface area contributed by atoms with Crippen LogP contribution < -0.4 is 0 Å². The Morgan fingerprint density at radius 3 is 2.58 bits per heavy atom. The highest BCUT2D eigenvalue weighted by atomic mass is 32.2. The van der Waals surface area contributed by atoms with Crippen LogP contribution in [0.5, 0.6) is 0 Å². The first-order chi connectivity index (χ1) is 5.59. The molecule has 1 heterocycles. The molecule has 0 spiro atoms. The van der Waals surface area contributed by atoms with Crippen molar-refractivity contribution in [2.24, 2.45) is 0 Å². The molecule has 12 heavy (non-hydrogen) atoms. The lowest BCUT2D eigenvalue weighted by molar-refractivity contribution is 0.0397. The number of hydrogen-bond donors (Lipinski definition) is 0. The summed E-state index contributed by atoms with van der Waals surface area (Å²) in [7, 11) is -1.72. The van der Waals surface area contributed by atoms with Gasteiger partial charge < -0.3 is 4.74 Å². The van der Waals surface area contributed by atoms with E-state index in [0.717, 1.165) is 0 Å². The summed E-state index contributed by atoms with van der Waals surface area (Å²) in [5, 5.41) is -0.393. The molecule has 0 N–H and O–H groups in total. The van der Waals surface area contributed by atoms with Crippen LogP contribution in [-0.4, -0.2) is 44.8 Å². The first kappa shape index (κ1) is 9.52. The van der Waals surface area contributed by atoms with Gasteiger partial charge in [-0.25, -0.2) is 8.42 Å². The molecule has 0 bridgehead atoms. The summed E-state index contributed by atoms with van der Waals surface area (Å²) in [6.45, 7) is 0.702. The third-order valence-corrected chi connectivity index (χ3v) is 3.89. The molecule has 0 aromatic heterocycles. The van der Waals surface area contributed by atoms with E-state index in [2.05, 4.69) is 5.92 Å². The number of ether oxygens (including phenoxy) is 1. The van der Waals surface area contributed by atoms with E-state index < -0.39 is 15.3 Å². The molecule has 0 radical (unpaired) electrons. The summed E-state index contributed by atoms with van der Waals surface area (Å²) < 4.78 is 28.9. The van der Waals surface area contributed by atoms with E-state index in [-0.39, 0.29) is 19.8 Å². The Morgan fingerprint density at radius 2 is 2.25 bits per heavy atom. The molecular formula is C7H11NO3S. The fourth-order valence-corrected chi connectivity index (χ4v) is 2.16. The van der Waals surface area contributed by atoms with Crippen LogP contribution >= 0.6 is 0 Å². The van der Waals surface area contributed by atoms with E-state index >= 15 is 0 Å². The lowest BCUT2D eigenvalue weighted by Gasteiger charge is -2.29. The summed E-state index contributed by atoms with van der Waals surface area (Å²) in [4.78, 5) is 0. The lowest BCUT2D eigenvalue weighted by Crippen LogP contribution is -2.47. The Bertz CT molecular complexity index is 286. The molecule has 1 saturated heterocycles. The van der Waals surface area contributed by atoms with E-state index in [4.69, 9.17) is 11.2 Å². The Kier molecular flexibility index (Phi) is 2.73. The van der Waals surface area contributed by atoms with Gasteiger partial charge in [-0.05, 0) is 0 Å². The van der Waals surface area contributed by atoms with Gasteiger partial charge in [0.15, 0.2) is 0 Å². The van der Waals surface area contributed by atoms with Crippen LogP contribution in [0.2, 0.25) is 0 Å². The standard InChI is InChI=1S/C7H11NO3S/c1-3-4-8(2)12(9,10)7-5-11-6-7/h1,7H,4-6H2,2H3. The predicted molar refractivity (Wildman–Crippen MR) is 45.0 cm³/mol. The molecule has 68 valence electrons. The molecular weight excluding hydrogens is 178 g/mol. The maximum absolute atomic E-state index is 11.5. The maximum Gasteiger partial charge on any atom is 0.222 e. The summed E-state index contributed by atoms with van der Waals surface area (Å²) in [6, 6.07) is 0. The van der Waals surface area contributed by atoms with Crippen molar-refractivity contribution in [3.8, 4) is 12.3 Å². The van der Waals surface area contributed by atoms with Crippen LogP contribution in [0.15, 0.2) is 0 Å². The number of hydrogen-bond acceptors (Lipinski definition) is 3. The molecule has 0 saturated carbocycles. The summed E-state index contributed by atoms with van der Waals surface area (Å²) >= 11 is 0. The minimum Gasteiger partial charge on any atom is -0.378 e. The fraction of sp³-hybridized carbons (Fsp3) is 0.714. The SMILES string of the molecule is C#CCN(C)S(=O)(=O)C1COC1. The van der Waals surface area contributed by atoms with Gasteiger partial charge in [-0.2, -0.15) is 4.31 Å². The van der Waals surface area contributed by atoms with E-state index in [1.807, 2.05) is 0 Å². The molecule has 0 aromatic rings. The van der Waals surface area contributed by atoms with Crippen molar-refractivity contribution in [3.63, 3.8) is 0 Å². The van der Waals surface area contributed by atoms with Crippen LogP contribution in [-0.2, 0) is 14.8 Å². The van der Waals surface area contributed by atoms with Crippen LogP contribution in [0.4, 0.5) is 0 Å². The highest BCUT2D eigenvalue weighted by Gasteiger charge is 2.35. The van der Waals surface area contributed by atoms with Crippen LogP contribution in [0.1, 0.15) is 0 Å². The fourth-order valence-electron chi connectivity index (χ4n) is 0.859. The first-order valence-electron chi connectivity index (χ1n) is 3.55. The summed E-state index contributed by atoms with van der Waals surface area (Å²) in [5.74, 6) is 2.28. The second-order valence-electron chi connectivity index (χ2n) is 2.66. The average Bonchev–Trinajstić information content (AvgIpc) is 1.82. The van der Waals surface area contributed by atoms with Gasteiger partial charge in [0.1, 0.15) is 5.25 Å². The van der Waals surface area contributed by atoms with Gasteiger partial charge in [0, 0.05) is 7.05 Å². The van der Waals surface area contributed by atoms with Crippen molar-refractivity contribution in [2.45, 2.75) is 5.25 Å². The highest BCUT2D eigenvalue weighted by molar-refractivity contribution is 7.89. The zero-order valence-corrected chi connectivity index (χ0v) is 7.67. The summed E-state index contributed by atoms with van der Waals surface area (Å²) in [5.41, 5.74) is 0. The lowest BCUT2D eigenvalue weighted by atomic mass is 10.4. The molecule has 1 rings (SSSR count). The third-order valence-electron chi connectivity index (χ3n) is 1.78. The van der Waals surface area contributed by atoms with Gasteiger partial charge in [0.05, 0.1) is 19.8 Å². The van der Waals surface area contributed by atoms with Crippen LogP contribution in [0.3, 0.4) is 0 Å². The quantitative estimate of drug-likeness (QED) is 0.550. The van der Waals surface area contributed by atoms with Gasteiger partial charge in [0.25, 0.3) is 0 Å². The third kappa shape index (κ3) is 1.61. The molecule has 0 aromatic carbocycles.